The van der Waals surface area contributed by atoms with Crippen LogP contribution in [0, 0.1) is 5.92 Å². The Hall–Kier alpha value is -2.99. The van der Waals surface area contributed by atoms with E-state index in [4.69, 9.17) is 9.72 Å². The van der Waals surface area contributed by atoms with E-state index in [2.05, 4.69) is 41.6 Å². The maximum absolute atomic E-state index is 11.7. The van der Waals surface area contributed by atoms with Crippen LogP contribution in [0.15, 0.2) is 61.2 Å². The molecule has 4 rings (SSSR count). The van der Waals surface area contributed by atoms with Crippen LogP contribution in [0.2, 0.25) is 0 Å². The molecule has 6 heteroatoms. The number of thiazole rings is 1. The van der Waals surface area contributed by atoms with Crippen LogP contribution in [0.3, 0.4) is 0 Å². The third-order valence-electron chi connectivity index (χ3n) is 5.65. The summed E-state index contributed by atoms with van der Waals surface area (Å²) >= 11 is 1.67. The van der Waals surface area contributed by atoms with Crippen LogP contribution >= 0.6 is 11.3 Å². The van der Waals surface area contributed by atoms with Crippen LogP contribution in [0.5, 0.6) is 0 Å². The van der Waals surface area contributed by atoms with E-state index >= 15 is 0 Å². The van der Waals surface area contributed by atoms with Crippen molar-refractivity contribution in [3.05, 3.63) is 72.3 Å². The summed E-state index contributed by atoms with van der Waals surface area (Å²) < 4.78 is 8.15. The molecule has 0 aliphatic rings. The molecule has 0 spiro atoms. The molecule has 2 heterocycles. The predicted molar refractivity (Wildman–Crippen MR) is 121 cm³/mol. The number of nitrogens with zero attached hydrogens (tertiary/aromatic N) is 3. The number of aromatic nitrogens is 3. The molecule has 2 aromatic carbocycles. The molecule has 30 heavy (non-hydrogen) atoms. The van der Waals surface area contributed by atoms with Crippen molar-refractivity contribution in [3.8, 4) is 10.6 Å². The minimum absolute atomic E-state index is 0.261. The van der Waals surface area contributed by atoms with Crippen molar-refractivity contribution in [3.63, 3.8) is 0 Å². The zero-order valence-electron chi connectivity index (χ0n) is 17.4. The van der Waals surface area contributed by atoms with E-state index in [1.807, 2.05) is 30.9 Å². The van der Waals surface area contributed by atoms with Crippen molar-refractivity contribution < 1.29 is 9.53 Å². The van der Waals surface area contributed by atoms with E-state index < -0.39 is 0 Å². The van der Waals surface area contributed by atoms with Crippen LogP contribution in [0.1, 0.15) is 48.7 Å². The maximum atomic E-state index is 11.7. The van der Waals surface area contributed by atoms with Gasteiger partial charge in [0.1, 0.15) is 5.01 Å². The molecule has 0 N–H and O–H groups in total. The topological polar surface area (TPSA) is 57.0 Å². The summed E-state index contributed by atoms with van der Waals surface area (Å²) in [6, 6.07) is 14.2. The highest BCUT2D eigenvalue weighted by Gasteiger charge is 2.23. The number of rotatable bonds is 7. The first-order valence-corrected chi connectivity index (χ1v) is 11.0. The van der Waals surface area contributed by atoms with Gasteiger partial charge < -0.3 is 9.30 Å². The Morgan fingerprint density at radius 3 is 2.53 bits per heavy atom. The molecular formula is C24H25N3O2S. The van der Waals surface area contributed by atoms with E-state index in [1.54, 1.807) is 23.5 Å². The molecule has 0 saturated heterocycles. The average Bonchev–Trinajstić information content (AvgIpc) is 3.46. The summed E-state index contributed by atoms with van der Waals surface area (Å²) in [5, 5.41) is 0.945. The van der Waals surface area contributed by atoms with Gasteiger partial charge in [-0.1, -0.05) is 44.9 Å². The van der Waals surface area contributed by atoms with Crippen molar-refractivity contribution in [2.24, 2.45) is 5.92 Å². The van der Waals surface area contributed by atoms with Gasteiger partial charge in [0, 0.05) is 18.0 Å². The molecule has 1 unspecified atom stereocenters. The lowest BCUT2D eigenvalue weighted by Gasteiger charge is -2.27. The first kappa shape index (κ1) is 20.3. The smallest absolute Gasteiger partial charge is 0.337 e. The Morgan fingerprint density at radius 2 is 1.90 bits per heavy atom. The van der Waals surface area contributed by atoms with E-state index in [9.17, 15) is 4.79 Å². The summed E-state index contributed by atoms with van der Waals surface area (Å²) in [5.41, 5.74) is 3.81. The highest BCUT2D eigenvalue weighted by Crippen LogP contribution is 2.36. The molecule has 154 valence electrons. The lowest BCUT2D eigenvalue weighted by Crippen LogP contribution is -2.18. The normalized spacial score (nSPS) is 12.4. The molecule has 0 bridgehead atoms. The summed E-state index contributed by atoms with van der Waals surface area (Å²) in [4.78, 5) is 20.7. The van der Waals surface area contributed by atoms with Gasteiger partial charge in [-0.3, -0.25) is 0 Å². The Bertz CT molecular complexity index is 1130. The van der Waals surface area contributed by atoms with Gasteiger partial charge in [-0.25, -0.2) is 14.8 Å². The van der Waals surface area contributed by atoms with Crippen molar-refractivity contribution in [2.45, 2.75) is 32.7 Å². The highest BCUT2D eigenvalue weighted by molar-refractivity contribution is 7.21. The number of fused-ring (bicyclic) bond motifs is 1. The number of methoxy groups -OCH3 is 1. The van der Waals surface area contributed by atoms with Crippen molar-refractivity contribution in [1.29, 1.82) is 0 Å². The largest absolute Gasteiger partial charge is 0.465 e. The summed E-state index contributed by atoms with van der Waals surface area (Å²) in [5.74, 6) is 0.206. The quantitative estimate of drug-likeness (QED) is 0.346. The predicted octanol–water partition coefficient (Wildman–Crippen LogP) is 5.97. The van der Waals surface area contributed by atoms with Gasteiger partial charge in [0.05, 0.1) is 35.3 Å². The monoisotopic (exact) mass is 419 g/mol. The SMILES string of the molecule is CCC(CC)C(c1ccc2nc(-c3ccc(C(=O)OC)cc3)sc2c1)n1ccnc1. The third-order valence-corrected chi connectivity index (χ3v) is 6.72. The molecule has 4 aromatic rings. The van der Waals surface area contributed by atoms with E-state index in [-0.39, 0.29) is 12.0 Å². The van der Waals surface area contributed by atoms with Crippen molar-refractivity contribution >= 4 is 27.5 Å². The lowest BCUT2D eigenvalue weighted by molar-refractivity contribution is 0.0601. The standard InChI is InChI=1S/C24H25N3O2S/c1-4-16(5-2)22(27-13-12-25-15-27)19-10-11-20-21(14-19)30-23(26-20)17-6-8-18(9-7-17)24(28)29-3/h6-16,22H,4-5H2,1-3H3. The minimum atomic E-state index is -0.331. The Kier molecular flexibility index (Phi) is 5.95. The Balaban J connectivity index is 1.70. The zero-order chi connectivity index (χ0) is 21.1. The van der Waals surface area contributed by atoms with Gasteiger partial charge >= 0.3 is 5.97 Å². The molecule has 0 saturated carbocycles. The van der Waals surface area contributed by atoms with E-state index in [0.29, 0.717) is 11.5 Å². The number of esters is 1. The number of imidazole rings is 1. The van der Waals surface area contributed by atoms with Crippen molar-refractivity contribution in [2.75, 3.05) is 7.11 Å². The molecule has 1 atom stereocenters. The summed E-state index contributed by atoms with van der Waals surface area (Å²) in [7, 11) is 1.39. The van der Waals surface area contributed by atoms with Crippen LogP contribution in [-0.2, 0) is 4.74 Å². The number of carbonyl (C=O) groups excluding carboxylic acids is 1. The fraction of sp³-hybridized carbons (Fsp3) is 0.292. The molecule has 5 nitrogen and oxygen atoms in total. The van der Waals surface area contributed by atoms with Crippen LogP contribution in [-0.4, -0.2) is 27.6 Å². The first-order valence-electron chi connectivity index (χ1n) is 10.2. The summed E-state index contributed by atoms with van der Waals surface area (Å²) in [6.07, 6.45) is 8.02. The lowest BCUT2D eigenvalue weighted by atomic mass is 9.88. The van der Waals surface area contributed by atoms with Gasteiger partial charge in [-0.15, -0.1) is 11.3 Å². The second kappa shape index (κ2) is 8.79. The number of ether oxygens (including phenoxy) is 1. The van der Waals surface area contributed by atoms with E-state index in [0.717, 1.165) is 33.6 Å². The molecular weight excluding hydrogens is 394 g/mol. The van der Waals surface area contributed by atoms with Gasteiger partial charge in [0.2, 0.25) is 0 Å². The summed E-state index contributed by atoms with van der Waals surface area (Å²) in [6.45, 7) is 4.50. The minimum Gasteiger partial charge on any atom is -0.465 e. The van der Waals surface area contributed by atoms with Crippen LogP contribution < -0.4 is 0 Å². The number of hydrogen-bond acceptors (Lipinski definition) is 5. The molecule has 0 amide bonds. The van der Waals surface area contributed by atoms with Crippen LogP contribution in [0.4, 0.5) is 0 Å². The second-order valence-electron chi connectivity index (χ2n) is 7.35. The maximum Gasteiger partial charge on any atom is 0.337 e. The van der Waals surface area contributed by atoms with Gasteiger partial charge in [-0.05, 0) is 35.7 Å². The number of carbonyl (C=O) groups is 1. The molecule has 0 fully saturated rings. The third kappa shape index (κ3) is 3.87. The fourth-order valence-corrected chi connectivity index (χ4v) is 4.99. The Labute approximate surface area is 180 Å². The van der Waals surface area contributed by atoms with E-state index in [1.165, 1.54) is 12.7 Å². The van der Waals surface area contributed by atoms with Crippen molar-refractivity contribution in [1.82, 2.24) is 14.5 Å². The fourth-order valence-electron chi connectivity index (χ4n) is 3.97. The van der Waals surface area contributed by atoms with Crippen LogP contribution in [0.25, 0.3) is 20.8 Å². The highest BCUT2D eigenvalue weighted by atomic mass is 32.1. The molecule has 0 aliphatic carbocycles. The van der Waals surface area contributed by atoms with Gasteiger partial charge in [0.15, 0.2) is 0 Å². The zero-order valence-corrected chi connectivity index (χ0v) is 18.2. The van der Waals surface area contributed by atoms with Gasteiger partial charge in [-0.2, -0.15) is 0 Å². The molecule has 0 aliphatic heterocycles. The first-order chi connectivity index (χ1) is 14.6. The molecule has 0 radical (unpaired) electrons. The van der Waals surface area contributed by atoms with Gasteiger partial charge in [0.25, 0.3) is 0 Å². The average molecular weight is 420 g/mol. The number of hydrogen-bond donors (Lipinski definition) is 0. The number of benzene rings is 2. The molecule has 2 aromatic heterocycles. The second-order valence-corrected chi connectivity index (χ2v) is 8.38. The Morgan fingerprint density at radius 1 is 1.13 bits per heavy atom.